The molecule has 0 aromatic heterocycles. The normalized spacial score (nSPS) is 16.1. The number of rotatable bonds is 4. The van der Waals surface area contributed by atoms with E-state index >= 15 is 0 Å². The molecule has 1 atom stereocenters. The van der Waals surface area contributed by atoms with Crippen molar-refractivity contribution in [2.24, 2.45) is 5.73 Å². The van der Waals surface area contributed by atoms with Gasteiger partial charge in [0, 0.05) is 25.7 Å². The summed E-state index contributed by atoms with van der Waals surface area (Å²) >= 11 is 0. The number of carbonyl (C=O) groups excluding carboxylic acids is 2. The van der Waals surface area contributed by atoms with Crippen molar-refractivity contribution >= 4 is 37.0 Å². The summed E-state index contributed by atoms with van der Waals surface area (Å²) in [7, 11) is -2.98. The maximum Gasteiger partial charge on any atom is 0.337 e. The fraction of sp³-hybridized carbons (Fsp3) is 0.333. The summed E-state index contributed by atoms with van der Waals surface area (Å²) in [5.74, 6) is -0.797. The lowest BCUT2D eigenvalue weighted by Crippen LogP contribution is -2.52. The van der Waals surface area contributed by atoms with Gasteiger partial charge in [0.25, 0.3) is 0 Å². The lowest BCUT2D eigenvalue weighted by atomic mass is 9.76. The number of primary amides is 1. The van der Waals surface area contributed by atoms with Gasteiger partial charge in [0.05, 0.1) is 17.1 Å². The van der Waals surface area contributed by atoms with Gasteiger partial charge in [-0.15, -0.1) is 0 Å². The minimum Gasteiger partial charge on any atom is -0.594 e. The molecule has 1 aliphatic rings. The molecule has 1 heterocycles. The molecule has 0 radical (unpaired) electrons. The molecule has 0 saturated carbocycles. The van der Waals surface area contributed by atoms with E-state index in [4.69, 9.17) is 5.73 Å². The van der Waals surface area contributed by atoms with Crippen LogP contribution < -0.4 is 20.4 Å². The number of hydrogen-bond donors (Lipinski definition) is 1. The zero-order valence-corrected chi connectivity index (χ0v) is 18.1. The van der Waals surface area contributed by atoms with Crippen LogP contribution in [0.3, 0.4) is 0 Å². The Morgan fingerprint density at radius 1 is 1.20 bits per heavy atom. The number of nitrogens with zero attached hydrogens (tertiary/aromatic N) is 2. The Labute approximate surface area is 175 Å². The van der Waals surface area contributed by atoms with Gasteiger partial charge in [-0.05, 0) is 42.0 Å². The molecule has 0 bridgehead atoms. The number of anilines is 3. The van der Waals surface area contributed by atoms with Gasteiger partial charge in [-0.2, -0.15) is 0 Å². The van der Waals surface area contributed by atoms with Gasteiger partial charge in [-0.25, -0.2) is 9.18 Å². The van der Waals surface area contributed by atoms with E-state index in [9.17, 15) is 23.4 Å². The third-order valence-electron chi connectivity index (χ3n) is 5.35. The Bertz CT molecular complexity index is 1040. The van der Waals surface area contributed by atoms with Crippen LogP contribution in [-0.4, -0.2) is 17.2 Å². The molecule has 2 aromatic carbocycles. The minimum absolute atomic E-state index is 0.142. The Morgan fingerprint density at radius 2 is 1.77 bits per heavy atom. The van der Waals surface area contributed by atoms with Crippen LogP contribution in [0.1, 0.15) is 39.7 Å². The van der Waals surface area contributed by atoms with Crippen LogP contribution in [-0.2, 0) is 14.8 Å². The molecule has 2 N–H and O–H groups in total. The second kappa shape index (κ2) is 7.45. The lowest BCUT2D eigenvalue weighted by molar-refractivity contribution is -0.169. The largest absolute Gasteiger partial charge is 0.594 e. The summed E-state index contributed by atoms with van der Waals surface area (Å²) in [6, 6.07) is 9.42. The Hall–Kier alpha value is -2.83. The number of benzene rings is 2. The van der Waals surface area contributed by atoms with Gasteiger partial charge >= 0.3 is 14.1 Å². The molecule has 0 fully saturated rings. The summed E-state index contributed by atoms with van der Waals surface area (Å²) in [5.41, 5.74) is 6.90. The van der Waals surface area contributed by atoms with Crippen LogP contribution in [0.4, 0.5) is 26.2 Å². The van der Waals surface area contributed by atoms with Gasteiger partial charge < -0.3 is 10.6 Å². The molecule has 1 unspecified atom stereocenters. The van der Waals surface area contributed by atoms with E-state index in [0.29, 0.717) is 17.1 Å². The predicted molar refractivity (Wildman–Crippen MR) is 111 cm³/mol. The van der Waals surface area contributed by atoms with Crippen molar-refractivity contribution in [1.29, 1.82) is 0 Å². The SMILES string of the molecule is CC1(C)CC(=O)N(C(C)(C)[P+](=O)[O-])c2cc(N(C(N)=O)c3ccc(F)cc3)ccc21. The fourth-order valence-corrected chi connectivity index (χ4v) is 4.16. The monoisotopic (exact) mass is 431 g/mol. The summed E-state index contributed by atoms with van der Waals surface area (Å²) in [5, 5.41) is -1.47. The van der Waals surface area contributed by atoms with Crippen molar-refractivity contribution < 1.29 is 23.4 Å². The molecule has 158 valence electrons. The number of hydrogen-bond acceptors (Lipinski definition) is 4. The molecule has 3 rings (SSSR count). The van der Waals surface area contributed by atoms with Crippen molar-refractivity contribution in [3.8, 4) is 0 Å². The molecule has 0 aliphatic carbocycles. The van der Waals surface area contributed by atoms with Gasteiger partial charge in [0.1, 0.15) is 5.82 Å². The minimum atomic E-state index is -2.98. The van der Waals surface area contributed by atoms with E-state index < -0.39 is 30.6 Å². The number of carbonyl (C=O) groups is 2. The first kappa shape index (κ1) is 21.9. The van der Waals surface area contributed by atoms with Gasteiger partial charge in [0.2, 0.25) is 11.2 Å². The number of fused-ring (bicyclic) bond motifs is 1. The average molecular weight is 431 g/mol. The first-order chi connectivity index (χ1) is 13.9. The van der Waals surface area contributed by atoms with Crippen LogP contribution in [0.25, 0.3) is 0 Å². The highest BCUT2D eigenvalue weighted by Crippen LogP contribution is 2.48. The second-order valence-electron chi connectivity index (χ2n) is 8.39. The Kier molecular flexibility index (Phi) is 5.43. The highest BCUT2D eigenvalue weighted by atomic mass is 31.1. The third-order valence-corrected chi connectivity index (χ3v) is 6.44. The first-order valence-corrected chi connectivity index (χ1v) is 10.5. The molecule has 0 saturated heterocycles. The molecular formula is C21H23FN3O4P. The summed E-state index contributed by atoms with van der Waals surface area (Å²) < 4.78 is 25.3. The van der Waals surface area contributed by atoms with Crippen LogP contribution in [0.2, 0.25) is 0 Å². The number of urea groups is 1. The second-order valence-corrected chi connectivity index (χ2v) is 10.0. The van der Waals surface area contributed by atoms with Crippen molar-refractivity contribution in [3.63, 3.8) is 0 Å². The van der Waals surface area contributed by atoms with Gasteiger partial charge in [0.15, 0.2) is 0 Å². The number of amides is 3. The molecule has 2 aromatic rings. The van der Waals surface area contributed by atoms with Crippen LogP contribution in [0, 0.1) is 5.82 Å². The molecule has 9 heteroatoms. The van der Waals surface area contributed by atoms with Crippen molar-refractivity contribution in [3.05, 3.63) is 53.8 Å². The van der Waals surface area contributed by atoms with Crippen LogP contribution in [0.5, 0.6) is 0 Å². The molecule has 3 amide bonds. The topological polar surface area (TPSA) is 107 Å². The highest BCUT2D eigenvalue weighted by Gasteiger charge is 2.49. The zero-order chi connectivity index (χ0) is 22.4. The molecule has 1 aliphatic heterocycles. The maximum absolute atomic E-state index is 13.3. The Morgan fingerprint density at radius 3 is 2.30 bits per heavy atom. The van der Waals surface area contributed by atoms with E-state index in [0.717, 1.165) is 5.56 Å². The quantitative estimate of drug-likeness (QED) is 0.741. The fourth-order valence-electron chi connectivity index (χ4n) is 3.78. The summed E-state index contributed by atoms with van der Waals surface area (Å²) in [6.45, 7) is 6.71. The summed E-state index contributed by atoms with van der Waals surface area (Å²) in [4.78, 5) is 39.5. The lowest BCUT2D eigenvalue weighted by Gasteiger charge is -2.42. The summed E-state index contributed by atoms with van der Waals surface area (Å²) in [6.07, 6.45) is 0.142. The van der Waals surface area contributed by atoms with E-state index in [-0.39, 0.29) is 12.3 Å². The van der Waals surface area contributed by atoms with E-state index in [2.05, 4.69) is 0 Å². The van der Waals surface area contributed by atoms with E-state index in [1.165, 1.54) is 47.9 Å². The predicted octanol–water partition coefficient (Wildman–Crippen LogP) is 3.90. The highest BCUT2D eigenvalue weighted by molar-refractivity contribution is 7.38. The van der Waals surface area contributed by atoms with E-state index in [1.807, 2.05) is 13.8 Å². The Balaban J connectivity index is 2.22. The van der Waals surface area contributed by atoms with Crippen molar-refractivity contribution in [1.82, 2.24) is 0 Å². The maximum atomic E-state index is 13.3. The molecule has 0 spiro atoms. The van der Waals surface area contributed by atoms with E-state index in [1.54, 1.807) is 18.2 Å². The molecule has 7 nitrogen and oxygen atoms in total. The van der Waals surface area contributed by atoms with Crippen LogP contribution in [0.15, 0.2) is 42.5 Å². The smallest absolute Gasteiger partial charge is 0.337 e. The molecule has 30 heavy (non-hydrogen) atoms. The molecular weight excluding hydrogens is 408 g/mol. The van der Waals surface area contributed by atoms with Crippen molar-refractivity contribution in [2.45, 2.75) is 44.8 Å². The van der Waals surface area contributed by atoms with Gasteiger partial charge in [-0.1, -0.05) is 24.5 Å². The first-order valence-electron chi connectivity index (χ1n) is 9.33. The zero-order valence-electron chi connectivity index (χ0n) is 17.2. The third kappa shape index (κ3) is 3.68. The number of nitrogens with two attached hydrogens (primary N) is 1. The average Bonchev–Trinajstić information content (AvgIpc) is 2.62. The number of halogens is 1. The van der Waals surface area contributed by atoms with Crippen LogP contribution >= 0.6 is 8.03 Å². The standard InChI is InChI=1S/C21H23FN3O4P/c1-20(2)12-18(26)25(21(3,4)30(28)29)17-11-15(9-10-16(17)20)24(19(23)27)14-7-5-13(22)6-8-14/h5-11H,12H2,1-4H3,(H2,23,27). The van der Waals surface area contributed by atoms with Crippen molar-refractivity contribution in [2.75, 3.05) is 9.80 Å². The van der Waals surface area contributed by atoms with Gasteiger partial charge in [-0.3, -0.25) is 14.6 Å².